The van der Waals surface area contributed by atoms with E-state index in [-0.39, 0.29) is 10.6 Å². The van der Waals surface area contributed by atoms with E-state index in [9.17, 15) is 0 Å². The maximum Gasteiger partial charge on any atom is 0.233 e. The highest BCUT2D eigenvalue weighted by Gasteiger charge is 2.17. The summed E-state index contributed by atoms with van der Waals surface area (Å²) in [5.74, 6) is 1.86. The molecule has 2 aromatic heterocycles. The van der Waals surface area contributed by atoms with Crippen molar-refractivity contribution in [3.05, 3.63) is 70.2 Å². The van der Waals surface area contributed by atoms with Gasteiger partial charge in [-0.25, -0.2) is 0 Å². The monoisotopic (exact) mass is 606 g/mol. The average Bonchev–Trinajstić information content (AvgIpc) is 3.02. The molecule has 2 N–H and O–H groups in total. The number of halogens is 2. The highest BCUT2D eigenvalue weighted by Crippen LogP contribution is 2.22. The molecule has 0 bridgehead atoms. The van der Waals surface area contributed by atoms with Gasteiger partial charge in [-0.05, 0) is 58.6 Å². The van der Waals surface area contributed by atoms with Crippen molar-refractivity contribution in [2.24, 2.45) is 0 Å². The molecule has 12 nitrogen and oxygen atoms in total. The zero-order valence-corrected chi connectivity index (χ0v) is 24.1. The average molecular weight is 608 g/mol. The minimum absolute atomic E-state index is 0.143. The highest BCUT2D eigenvalue weighted by molar-refractivity contribution is 6.28. The van der Waals surface area contributed by atoms with E-state index < -0.39 is 0 Å². The number of hydrogen-bond acceptors (Lipinski definition) is 12. The zero-order chi connectivity index (χ0) is 28.7. The van der Waals surface area contributed by atoms with Gasteiger partial charge in [0.15, 0.2) is 0 Å². The molecule has 2 fully saturated rings. The van der Waals surface area contributed by atoms with Crippen LogP contribution >= 0.6 is 23.2 Å². The summed E-state index contributed by atoms with van der Waals surface area (Å²) < 4.78 is 10.8. The molecule has 0 amide bonds. The van der Waals surface area contributed by atoms with Gasteiger partial charge in [0.1, 0.15) is 0 Å². The van der Waals surface area contributed by atoms with Crippen LogP contribution in [0.5, 0.6) is 0 Å². The first-order chi connectivity index (χ1) is 20.6. The first-order valence-corrected chi connectivity index (χ1v) is 14.2. The van der Waals surface area contributed by atoms with Crippen molar-refractivity contribution in [2.75, 3.05) is 73.0 Å². The molecular weight excluding hydrogens is 579 g/mol. The van der Waals surface area contributed by atoms with Crippen LogP contribution in [0.25, 0.3) is 12.2 Å². The SMILES string of the molecule is Clc1nc(Nc2ccc(C=Cc3ccc(Nc4nc(Cl)nc(N5CCOCC5)n4)cc3)cc2)nc(N2CCOCC2)n1. The van der Waals surface area contributed by atoms with Gasteiger partial charge >= 0.3 is 0 Å². The van der Waals surface area contributed by atoms with E-state index in [1.54, 1.807) is 0 Å². The summed E-state index contributed by atoms with van der Waals surface area (Å²) in [5.41, 5.74) is 3.77. The Hall–Kier alpha value is -4.10. The number of aromatic nitrogens is 6. The zero-order valence-electron chi connectivity index (χ0n) is 22.6. The van der Waals surface area contributed by atoms with Crippen LogP contribution in [0.15, 0.2) is 48.5 Å². The Balaban J connectivity index is 1.06. The number of nitrogens with one attached hydrogen (secondary N) is 2. The number of nitrogens with zero attached hydrogens (tertiary/aromatic N) is 8. The summed E-state index contributed by atoms with van der Waals surface area (Å²) in [5, 5.41) is 6.71. The molecule has 4 heterocycles. The van der Waals surface area contributed by atoms with E-state index in [1.807, 2.05) is 70.5 Å². The summed E-state index contributed by atoms with van der Waals surface area (Å²) in [6.45, 7) is 5.38. The van der Waals surface area contributed by atoms with Crippen LogP contribution in [0.4, 0.5) is 35.2 Å². The Morgan fingerprint density at radius 3 is 1.31 bits per heavy atom. The third kappa shape index (κ3) is 7.39. The number of ether oxygens (including phenoxy) is 2. The largest absolute Gasteiger partial charge is 0.378 e. The van der Waals surface area contributed by atoms with E-state index in [0.29, 0.717) is 76.4 Å². The molecule has 0 atom stereocenters. The Morgan fingerprint density at radius 2 is 0.929 bits per heavy atom. The molecular formula is C28H28Cl2N10O2. The van der Waals surface area contributed by atoms with Crippen LogP contribution in [-0.4, -0.2) is 82.5 Å². The second-order valence-electron chi connectivity index (χ2n) is 9.48. The normalized spacial score (nSPS) is 15.7. The van der Waals surface area contributed by atoms with Crippen LogP contribution in [0.3, 0.4) is 0 Å². The Kier molecular flexibility index (Phi) is 8.85. The van der Waals surface area contributed by atoms with E-state index in [4.69, 9.17) is 32.7 Å². The van der Waals surface area contributed by atoms with Crippen LogP contribution in [0.2, 0.25) is 10.6 Å². The van der Waals surface area contributed by atoms with Gasteiger partial charge < -0.3 is 29.9 Å². The summed E-state index contributed by atoms with van der Waals surface area (Å²) in [4.78, 5) is 30.1. The molecule has 42 heavy (non-hydrogen) atoms. The van der Waals surface area contributed by atoms with Crippen molar-refractivity contribution in [2.45, 2.75) is 0 Å². The molecule has 0 radical (unpaired) electrons. The van der Waals surface area contributed by atoms with Crippen molar-refractivity contribution >= 4 is 70.5 Å². The molecule has 0 aliphatic carbocycles. The molecule has 2 aliphatic rings. The van der Waals surface area contributed by atoms with E-state index >= 15 is 0 Å². The summed E-state index contributed by atoms with van der Waals surface area (Å²) in [7, 11) is 0. The standard InChI is InChI=1S/C28H28Cl2N10O2/c29-23-33-25(37-27(35-23)39-11-15-41-16-12-39)31-21-7-3-19(4-8-21)1-2-20-5-9-22(10-6-20)32-26-34-24(30)36-28(38-26)40-13-17-42-18-14-40/h1-10H,11-18H2,(H,31,33,35,37)(H,32,34,36,38). The minimum Gasteiger partial charge on any atom is -0.378 e. The number of benzene rings is 2. The lowest BCUT2D eigenvalue weighted by atomic mass is 10.1. The van der Waals surface area contributed by atoms with E-state index in [1.165, 1.54) is 0 Å². The third-order valence-corrected chi connectivity index (χ3v) is 6.92. The van der Waals surface area contributed by atoms with Crippen molar-refractivity contribution in [3.8, 4) is 0 Å². The van der Waals surface area contributed by atoms with Crippen molar-refractivity contribution in [3.63, 3.8) is 0 Å². The molecule has 0 saturated carbocycles. The summed E-state index contributed by atoms with van der Waals surface area (Å²) in [6, 6.07) is 15.9. The van der Waals surface area contributed by atoms with Gasteiger partial charge in [-0.1, -0.05) is 36.4 Å². The maximum absolute atomic E-state index is 6.16. The van der Waals surface area contributed by atoms with Gasteiger partial charge in [0, 0.05) is 37.6 Å². The lowest BCUT2D eigenvalue weighted by Crippen LogP contribution is -2.37. The van der Waals surface area contributed by atoms with Gasteiger partial charge in [0.05, 0.1) is 26.4 Å². The van der Waals surface area contributed by atoms with Crippen LogP contribution < -0.4 is 20.4 Å². The second kappa shape index (κ2) is 13.3. The number of morpholine rings is 2. The van der Waals surface area contributed by atoms with Crippen LogP contribution in [-0.2, 0) is 9.47 Å². The molecule has 2 aromatic carbocycles. The lowest BCUT2D eigenvalue weighted by Gasteiger charge is -2.26. The van der Waals surface area contributed by atoms with Crippen LogP contribution in [0, 0.1) is 0 Å². The maximum atomic E-state index is 6.16. The van der Waals surface area contributed by atoms with Crippen molar-refractivity contribution in [1.29, 1.82) is 0 Å². The highest BCUT2D eigenvalue weighted by atomic mass is 35.5. The summed E-state index contributed by atoms with van der Waals surface area (Å²) in [6.07, 6.45) is 4.09. The van der Waals surface area contributed by atoms with E-state index in [0.717, 1.165) is 22.5 Å². The Labute approximate surface area is 252 Å². The molecule has 0 unspecified atom stereocenters. The first-order valence-electron chi connectivity index (χ1n) is 13.5. The smallest absolute Gasteiger partial charge is 0.233 e. The topological polar surface area (TPSA) is 126 Å². The fourth-order valence-electron chi connectivity index (χ4n) is 4.41. The Bertz CT molecular complexity index is 1410. The minimum atomic E-state index is 0.143. The fourth-order valence-corrected chi connectivity index (χ4v) is 4.72. The van der Waals surface area contributed by atoms with Gasteiger partial charge in [0.2, 0.25) is 34.4 Å². The molecule has 6 rings (SSSR count). The van der Waals surface area contributed by atoms with Gasteiger partial charge in [-0.3, -0.25) is 0 Å². The summed E-state index contributed by atoms with van der Waals surface area (Å²) >= 11 is 12.3. The molecule has 2 aliphatic heterocycles. The second-order valence-corrected chi connectivity index (χ2v) is 10.2. The van der Waals surface area contributed by atoms with Crippen molar-refractivity contribution < 1.29 is 9.47 Å². The molecule has 4 aromatic rings. The predicted molar refractivity (Wildman–Crippen MR) is 164 cm³/mol. The number of anilines is 6. The molecule has 216 valence electrons. The fraction of sp³-hybridized carbons (Fsp3) is 0.286. The predicted octanol–water partition coefficient (Wildman–Crippen LogP) is 4.69. The van der Waals surface area contributed by atoms with Gasteiger partial charge in [-0.15, -0.1) is 0 Å². The molecule has 14 heteroatoms. The Morgan fingerprint density at radius 1 is 0.548 bits per heavy atom. The van der Waals surface area contributed by atoms with Crippen LogP contribution in [0.1, 0.15) is 11.1 Å². The third-order valence-electron chi connectivity index (χ3n) is 6.58. The van der Waals surface area contributed by atoms with Gasteiger partial charge in [-0.2, -0.15) is 29.9 Å². The van der Waals surface area contributed by atoms with Crippen molar-refractivity contribution in [1.82, 2.24) is 29.9 Å². The first kappa shape index (κ1) is 28.0. The van der Waals surface area contributed by atoms with Gasteiger partial charge in [0.25, 0.3) is 0 Å². The quantitative estimate of drug-likeness (QED) is 0.270. The number of hydrogen-bond donors (Lipinski definition) is 2. The number of rotatable bonds is 8. The van der Waals surface area contributed by atoms with E-state index in [2.05, 4.69) is 40.5 Å². The molecule has 2 saturated heterocycles. The molecule has 0 spiro atoms. The lowest BCUT2D eigenvalue weighted by molar-refractivity contribution is 0.122.